The maximum absolute atomic E-state index is 13.3. The van der Waals surface area contributed by atoms with Crippen LogP contribution in [0.1, 0.15) is 67.2 Å². The minimum atomic E-state index is -1.27. The van der Waals surface area contributed by atoms with Gasteiger partial charge in [0, 0.05) is 23.5 Å². The van der Waals surface area contributed by atoms with Crippen molar-refractivity contribution in [2.75, 3.05) is 23.4 Å². The summed E-state index contributed by atoms with van der Waals surface area (Å²) in [4.78, 5) is 36.3. The van der Waals surface area contributed by atoms with Gasteiger partial charge >= 0.3 is 12.1 Å². The van der Waals surface area contributed by atoms with E-state index >= 15 is 0 Å². The van der Waals surface area contributed by atoms with Gasteiger partial charge in [0.25, 0.3) is 0 Å². The normalized spacial score (nSPS) is 15.2. The number of aliphatic hydroxyl groups excluding tert-OH is 1. The third-order valence-electron chi connectivity index (χ3n) is 8.14. The summed E-state index contributed by atoms with van der Waals surface area (Å²) >= 11 is 0. The number of carbonyl (C=O) groups excluding carboxylic acids is 2. The molecule has 4 aromatic rings. The highest BCUT2D eigenvalue weighted by atomic mass is 19.1. The Morgan fingerprint density at radius 1 is 1.02 bits per heavy atom. The monoisotopic (exact) mass is 655 g/mol. The van der Waals surface area contributed by atoms with E-state index in [-0.39, 0.29) is 11.9 Å². The van der Waals surface area contributed by atoms with Crippen molar-refractivity contribution in [3.63, 3.8) is 0 Å². The molecule has 3 N–H and O–H groups in total. The molecule has 48 heavy (non-hydrogen) atoms. The highest BCUT2D eigenvalue weighted by Gasteiger charge is 2.29. The molecule has 0 saturated heterocycles. The fourth-order valence-corrected chi connectivity index (χ4v) is 5.43. The van der Waals surface area contributed by atoms with Crippen LogP contribution in [0.4, 0.5) is 26.6 Å². The van der Waals surface area contributed by atoms with Crippen LogP contribution >= 0.6 is 0 Å². The first-order valence-electron chi connectivity index (χ1n) is 16.0. The van der Waals surface area contributed by atoms with Crippen LogP contribution in [0.3, 0.4) is 0 Å². The summed E-state index contributed by atoms with van der Waals surface area (Å²) in [6.07, 6.45) is 1.10. The topological polar surface area (TPSA) is 126 Å². The molecule has 0 bridgehead atoms. The van der Waals surface area contributed by atoms with E-state index in [1.54, 1.807) is 39.0 Å². The number of benzene rings is 3. The van der Waals surface area contributed by atoms with Crippen molar-refractivity contribution in [1.29, 1.82) is 0 Å². The van der Waals surface area contributed by atoms with E-state index in [0.29, 0.717) is 30.4 Å². The van der Waals surface area contributed by atoms with Crippen molar-refractivity contribution in [3.8, 4) is 5.75 Å². The molecule has 1 aliphatic carbocycles. The van der Waals surface area contributed by atoms with Crippen LogP contribution in [0.2, 0.25) is 0 Å². The van der Waals surface area contributed by atoms with Crippen LogP contribution in [0.5, 0.6) is 5.75 Å². The second kappa shape index (κ2) is 14.4. The number of esters is 1. The average Bonchev–Trinajstić information content (AvgIpc) is 3.83. The number of aromatic nitrogens is 2. The molecule has 1 aliphatic heterocycles. The number of alkyl carbamates (subject to hydrolysis) is 1. The number of amides is 1. The number of nitrogens with zero attached hydrogens (tertiary/aromatic N) is 3. The standard InChI is InChI=1S/C30H36FN5O5.C7H6/c1-17-18(2)32-28(33-22-9-7-21(31)8-10-22)35-26(17)36-14-13-20-15-23(11-12-24(20)19(36)3)40-27(38)25(16-37)34-29(39)41-30(4,5)6;1-2-4-7-5-6(7)3-1/h7-12,15,19,25,37H,13-14,16H2,1-6H3,(H,34,39)(H,32,33,35);1-4H,5H2. The summed E-state index contributed by atoms with van der Waals surface area (Å²) in [5.41, 5.74) is 6.87. The fraction of sp³-hybridized carbons (Fsp3) is 0.351. The number of aliphatic hydroxyl groups is 1. The summed E-state index contributed by atoms with van der Waals surface area (Å²) in [6.45, 7) is 11.1. The minimum Gasteiger partial charge on any atom is -0.444 e. The molecule has 0 spiro atoms. The van der Waals surface area contributed by atoms with Crippen molar-refractivity contribution in [2.24, 2.45) is 0 Å². The number of fused-ring (bicyclic) bond motifs is 2. The largest absolute Gasteiger partial charge is 0.444 e. The zero-order valence-electron chi connectivity index (χ0n) is 28.1. The van der Waals surface area contributed by atoms with Crippen molar-refractivity contribution in [2.45, 2.75) is 72.1 Å². The van der Waals surface area contributed by atoms with Crippen LogP contribution in [-0.4, -0.2) is 51.9 Å². The molecule has 1 amide bonds. The molecule has 0 fully saturated rings. The average molecular weight is 656 g/mol. The van der Waals surface area contributed by atoms with Crippen molar-refractivity contribution in [1.82, 2.24) is 15.3 Å². The molecule has 0 radical (unpaired) electrons. The molecule has 252 valence electrons. The third-order valence-corrected chi connectivity index (χ3v) is 8.14. The SMILES string of the molecule is Cc1nc(Nc2ccc(F)cc2)nc(N2CCc3cc(OC(=O)C(CO)NC(=O)OC(C)(C)C)ccc3C2C)c1C.c1ccc2c(c1)C2. The second-order valence-electron chi connectivity index (χ2n) is 12.9. The predicted molar refractivity (Wildman–Crippen MR) is 182 cm³/mol. The molecule has 1 aromatic heterocycles. The zero-order valence-corrected chi connectivity index (χ0v) is 28.1. The number of ether oxygens (including phenoxy) is 2. The minimum absolute atomic E-state index is 0.0331. The molecular weight excluding hydrogens is 613 g/mol. The number of anilines is 3. The van der Waals surface area contributed by atoms with Gasteiger partial charge in [0.2, 0.25) is 5.95 Å². The number of hydrogen-bond acceptors (Lipinski definition) is 9. The Morgan fingerprint density at radius 2 is 1.71 bits per heavy atom. The Balaban J connectivity index is 0.000000562. The van der Waals surface area contributed by atoms with Crippen molar-refractivity contribution >= 4 is 29.5 Å². The van der Waals surface area contributed by atoms with Gasteiger partial charge in [-0.1, -0.05) is 30.3 Å². The van der Waals surface area contributed by atoms with E-state index in [1.165, 1.54) is 29.7 Å². The van der Waals surface area contributed by atoms with E-state index in [2.05, 4.69) is 51.7 Å². The van der Waals surface area contributed by atoms with Crippen molar-refractivity contribution in [3.05, 3.63) is 106 Å². The van der Waals surface area contributed by atoms with E-state index in [1.807, 2.05) is 26.0 Å². The number of nitrogens with one attached hydrogen (secondary N) is 2. The Bertz CT molecular complexity index is 1770. The lowest BCUT2D eigenvalue weighted by molar-refractivity contribution is -0.137. The first-order chi connectivity index (χ1) is 22.8. The van der Waals surface area contributed by atoms with Gasteiger partial charge in [0.1, 0.15) is 23.0 Å². The molecule has 2 unspecified atom stereocenters. The van der Waals surface area contributed by atoms with Gasteiger partial charge in [0.05, 0.1) is 12.6 Å². The quantitative estimate of drug-likeness (QED) is 0.133. The van der Waals surface area contributed by atoms with Crippen LogP contribution in [-0.2, 0) is 22.4 Å². The Labute approximate surface area is 280 Å². The molecule has 11 heteroatoms. The summed E-state index contributed by atoms with van der Waals surface area (Å²) in [5.74, 6) is 0.431. The molecule has 2 aliphatic rings. The number of aryl methyl sites for hydroxylation is 1. The summed E-state index contributed by atoms with van der Waals surface area (Å²) in [7, 11) is 0. The lowest BCUT2D eigenvalue weighted by atomic mass is 9.93. The van der Waals surface area contributed by atoms with Crippen LogP contribution in [0.25, 0.3) is 0 Å². The molecule has 6 rings (SSSR count). The number of rotatable bonds is 7. The van der Waals surface area contributed by atoms with Crippen molar-refractivity contribution < 1.29 is 28.6 Å². The van der Waals surface area contributed by atoms with E-state index in [0.717, 1.165) is 28.2 Å². The lowest BCUT2D eigenvalue weighted by Crippen LogP contribution is -2.47. The first-order valence-corrected chi connectivity index (χ1v) is 16.0. The Hall–Kier alpha value is -5.03. The Kier molecular flexibility index (Phi) is 10.3. The van der Waals surface area contributed by atoms with Gasteiger partial charge in [-0.15, -0.1) is 0 Å². The smallest absolute Gasteiger partial charge is 0.408 e. The van der Waals surface area contributed by atoms with Crippen LogP contribution < -0.4 is 20.3 Å². The summed E-state index contributed by atoms with van der Waals surface area (Å²) < 4.78 is 24.0. The highest BCUT2D eigenvalue weighted by Crippen LogP contribution is 2.37. The van der Waals surface area contributed by atoms with Gasteiger partial charge in [-0.3, -0.25) is 0 Å². The second-order valence-corrected chi connectivity index (χ2v) is 12.9. The van der Waals surface area contributed by atoms with E-state index < -0.39 is 30.3 Å². The maximum atomic E-state index is 13.3. The summed E-state index contributed by atoms with van der Waals surface area (Å²) in [5, 5.41) is 15.1. The molecule has 2 atom stereocenters. The lowest BCUT2D eigenvalue weighted by Gasteiger charge is -2.37. The Morgan fingerprint density at radius 3 is 2.33 bits per heavy atom. The number of carbonyl (C=O) groups is 2. The molecule has 3 aromatic carbocycles. The molecule has 2 heterocycles. The molecule has 10 nitrogen and oxygen atoms in total. The van der Waals surface area contributed by atoms with E-state index in [9.17, 15) is 19.1 Å². The highest BCUT2D eigenvalue weighted by molar-refractivity contribution is 5.83. The van der Waals surface area contributed by atoms with Crippen LogP contribution in [0, 0.1) is 19.7 Å². The van der Waals surface area contributed by atoms with Gasteiger partial charge in [-0.25, -0.2) is 19.0 Å². The molecule has 0 saturated carbocycles. The van der Waals surface area contributed by atoms with Gasteiger partial charge in [0.15, 0.2) is 6.04 Å². The number of hydrogen-bond donors (Lipinski definition) is 3. The van der Waals surface area contributed by atoms with E-state index in [4.69, 9.17) is 14.5 Å². The predicted octanol–water partition coefficient (Wildman–Crippen LogP) is 6.48. The fourth-order valence-electron chi connectivity index (χ4n) is 5.43. The first kappa shape index (κ1) is 34.3. The van der Waals surface area contributed by atoms with Gasteiger partial charge in [-0.2, -0.15) is 4.98 Å². The third kappa shape index (κ3) is 8.65. The zero-order chi connectivity index (χ0) is 34.6. The summed E-state index contributed by atoms with van der Waals surface area (Å²) in [6, 6.07) is 18.7. The van der Waals surface area contributed by atoms with Gasteiger partial charge < -0.3 is 30.1 Å². The van der Waals surface area contributed by atoms with Gasteiger partial charge in [-0.05, 0) is 113 Å². The maximum Gasteiger partial charge on any atom is 0.408 e. The van der Waals surface area contributed by atoms with Crippen LogP contribution in [0.15, 0.2) is 66.7 Å². The number of halogens is 1. The molecular formula is C37H42FN5O5.